The Morgan fingerprint density at radius 3 is 2.29 bits per heavy atom. The first-order valence-electron chi connectivity index (χ1n) is 11.1. The Hall–Kier alpha value is -2.31. The average Bonchev–Trinajstić information content (AvgIpc) is 3.22. The van der Waals surface area contributed by atoms with Crippen molar-refractivity contribution >= 4 is 31.6 Å². The quantitative estimate of drug-likeness (QED) is 0.584. The third-order valence-electron chi connectivity index (χ3n) is 6.35. The minimum absolute atomic E-state index is 0.120. The van der Waals surface area contributed by atoms with E-state index < -0.39 is 20.0 Å². The van der Waals surface area contributed by atoms with Gasteiger partial charge in [0.1, 0.15) is 0 Å². The molecule has 2 heterocycles. The van der Waals surface area contributed by atoms with E-state index in [0.717, 1.165) is 16.8 Å². The first kappa shape index (κ1) is 24.8. The van der Waals surface area contributed by atoms with Crippen molar-refractivity contribution in [2.45, 2.75) is 17.9 Å². The number of piperazine rings is 1. The number of fused-ring (bicyclic) bond motifs is 1. The summed E-state index contributed by atoms with van der Waals surface area (Å²) in [5, 5.41) is 0. The van der Waals surface area contributed by atoms with Crippen LogP contribution in [-0.2, 0) is 33.0 Å². The van der Waals surface area contributed by atoms with Crippen LogP contribution in [0.4, 0.5) is 5.69 Å². The lowest BCUT2D eigenvalue weighted by Gasteiger charge is -2.33. The largest absolute Gasteiger partial charge is 0.308 e. The molecule has 0 aromatic heterocycles. The number of sulfonamides is 2. The third-order valence-corrected chi connectivity index (χ3v) is 9.46. The lowest BCUT2D eigenvalue weighted by molar-refractivity contribution is 0.0989. The molecule has 0 atom stereocenters. The van der Waals surface area contributed by atoms with Gasteiger partial charge in [0.2, 0.25) is 20.0 Å². The van der Waals surface area contributed by atoms with Crippen molar-refractivity contribution in [1.82, 2.24) is 13.5 Å². The highest BCUT2D eigenvalue weighted by molar-refractivity contribution is 7.89. The zero-order valence-electron chi connectivity index (χ0n) is 19.6. The fourth-order valence-corrected chi connectivity index (χ4v) is 6.18. The molecule has 11 heteroatoms. The first-order valence-corrected chi connectivity index (χ1v) is 14.4. The maximum Gasteiger partial charge on any atom is 0.258 e. The van der Waals surface area contributed by atoms with Crippen molar-refractivity contribution in [3.05, 3.63) is 59.2 Å². The van der Waals surface area contributed by atoms with Gasteiger partial charge in [0.15, 0.2) is 0 Å². The van der Waals surface area contributed by atoms with Crippen LogP contribution in [0.15, 0.2) is 47.4 Å². The minimum Gasteiger partial charge on any atom is -0.308 e. The van der Waals surface area contributed by atoms with Crippen molar-refractivity contribution in [3.63, 3.8) is 0 Å². The Morgan fingerprint density at radius 1 is 0.941 bits per heavy atom. The van der Waals surface area contributed by atoms with Crippen LogP contribution in [-0.4, -0.2) is 89.3 Å². The Kier molecular flexibility index (Phi) is 6.85. The second-order valence-corrected chi connectivity index (χ2v) is 13.1. The monoisotopic (exact) mass is 506 g/mol. The number of hydrogen-bond donors (Lipinski definition) is 0. The van der Waals surface area contributed by atoms with Gasteiger partial charge in [-0.3, -0.25) is 9.69 Å². The molecule has 0 unspecified atom stereocenters. The van der Waals surface area contributed by atoms with Crippen LogP contribution in [0, 0.1) is 0 Å². The number of nitrogens with zero attached hydrogens (tertiary/aromatic N) is 4. The summed E-state index contributed by atoms with van der Waals surface area (Å²) in [5.41, 5.74) is 3.15. The van der Waals surface area contributed by atoms with Crippen molar-refractivity contribution in [1.29, 1.82) is 0 Å². The molecule has 1 saturated heterocycles. The number of hydrogen-bond acceptors (Lipinski definition) is 6. The van der Waals surface area contributed by atoms with E-state index in [2.05, 4.69) is 4.90 Å². The molecule has 0 radical (unpaired) electrons. The summed E-state index contributed by atoms with van der Waals surface area (Å²) in [6, 6.07) is 12.4. The van der Waals surface area contributed by atoms with Gasteiger partial charge in [-0.15, -0.1) is 0 Å². The van der Waals surface area contributed by atoms with E-state index in [4.69, 9.17) is 0 Å². The number of benzene rings is 2. The highest BCUT2D eigenvalue weighted by Crippen LogP contribution is 2.32. The van der Waals surface area contributed by atoms with Crippen LogP contribution >= 0.6 is 0 Å². The molecule has 1 amide bonds. The molecule has 2 aliphatic rings. The summed E-state index contributed by atoms with van der Waals surface area (Å²) >= 11 is 0. The second-order valence-electron chi connectivity index (χ2n) is 8.92. The van der Waals surface area contributed by atoms with E-state index >= 15 is 0 Å². The molecule has 0 bridgehead atoms. The summed E-state index contributed by atoms with van der Waals surface area (Å²) in [4.78, 5) is 17.4. The standard InChI is InChI=1S/C23H30N4O5S2/c1-24(2)34(31,32)21-7-8-22-19(16-21)9-10-27(22)23(28)20-6-4-5-18(15-20)17-25-11-13-26(14-12-25)33(3,29)30/h4-8,15-16H,9-14,17H2,1-3H3. The van der Waals surface area contributed by atoms with Gasteiger partial charge in [-0.1, -0.05) is 12.1 Å². The zero-order chi connectivity index (χ0) is 24.7. The summed E-state index contributed by atoms with van der Waals surface area (Å²) in [5.74, 6) is -0.120. The molecule has 184 valence electrons. The van der Waals surface area contributed by atoms with Gasteiger partial charge in [0, 0.05) is 64.6 Å². The molecule has 1 fully saturated rings. The van der Waals surface area contributed by atoms with Crippen LogP contribution in [0.2, 0.25) is 0 Å². The molecule has 9 nitrogen and oxygen atoms in total. The normalized spacial score (nSPS) is 17.8. The highest BCUT2D eigenvalue weighted by Gasteiger charge is 2.28. The van der Waals surface area contributed by atoms with Crippen molar-refractivity contribution in [2.24, 2.45) is 0 Å². The minimum atomic E-state index is -3.53. The molecule has 0 aliphatic carbocycles. The van der Waals surface area contributed by atoms with Crippen LogP contribution in [0.3, 0.4) is 0 Å². The maximum absolute atomic E-state index is 13.3. The lowest BCUT2D eigenvalue weighted by Crippen LogP contribution is -2.47. The van der Waals surface area contributed by atoms with Gasteiger partial charge in [-0.25, -0.2) is 21.1 Å². The molecule has 2 aromatic carbocycles. The predicted molar refractivity (Wildman–Crippen MR) is 131 cm³/mol. The number of carbonyl (C=O) groups excluding carboxylic acids is 1. The molecule has 2 aliphatic heterocycles. The molecule has 0 saturated carbocycles. The fraction of sp³-hybridized carbons (Fsp3) is 0.435. The molecule has 2 aromatic rings. The van der Waals surface area contributed by atoms with Crippen molar-refractivity contribution in [3.8, 4) is 0 Å². The Labute approximate surface area is 201 Å². The zero-order valence-corrected chi connectivity index (χ0v) is 21.3. The van der Waals surface area contributed by atoms with E-state index in [0.29, 0.717) is 51.3 Å². The first-order chi connectivity index (χ1) is 16.0. The van der Waals surface area contributed by atoms with Crippen molar-refractivity contribution < 1.29 is 21.6 Å². The summed E-state index contributed by atoms with van der Waals surface area (Å²) in [7, 11) is -3.71. The Balaban J connectivity index is 1.47. The van der Waals surface area contributed by atoms with Crippen molar-refractivity contribution in [2.75, 3.05) is 58.0 Å². The van der Waals surface area contributed by atoms with E-state index in [1.54, 1.807) is 29.2 Å². The van der Waals surface area contributed by atoms with Crippen LogP contribution in [0.5, 0.6) is 0 Å². The molecule has 0 N–H and O–H groups in total. The Bertz CT molecular complexity index is 1300. The number of amides is 1. The van der Waals surface area contributed by atoms with Gasteiger partial charge in [-0.2, -0.15) is 4.31 Å². The fourth-order valence-electron chi connectivity index (χ4n) is 4.40. The number of anilines is 1. The smallest absolute Gasteiger partial charge is 0.258 e. The number of carbonyl (C=O) groups is 1. The summed E-state index contributed by atoms with van der Waals surface area (Å²) < 4.78 is 51.0. The average molecular weight is 507 g/mol. The predicted octanol–water partition coefficient (Wildman–Crippen LogP) is 1.22. The van der Waals surface area contributed by atoms with Gasteiger partial charge in [0.25, 0.3) is 5.91 Å². The molecular formula is C23H30N4O5S2. The SMILES string of the molecule is CN(C)S(=O)(=O)c1ccc2c(c1)CCN2C(=O)c1cccc(CN2CCN(S(C)(=O)=O)CC2)c1. The molecule has 34 heavy (non-hydrogen) atoms. The topological polar surface area (TPSA) is 98.3 Å². The van der Waals surface area contributed by atoms with Gasteiger partial charge < -0.3 is 4.90 Å². The van der Waals surface area contributed by atoms with E-state index in [1.165, 1.54) is 29.0 Å². The van der Waals surface area contributed by atoms with Crippen LogP contribution < -0.4 is 4.90 Å². The van der Waals surface area contributed by atoms with Gasteiger partial charge >= 0.3 is 0 Å². The lowest BCUT2D eigenvalue weighted by atomic mass is 10.1. The highest BCUT2D eigenvalue weighted by atomic mass is 32.2. The summed E-state index contributed by atoms with van der Waals surface area (Å²) in [6.07, 6.45) is 1.83. The van der Waals surface area contributed by atoms with E-state index in [-0.39, 0.29) is 10.8 Å². The third kappa shape index (κ3) is 5.03. The Morgan fingerprint density at radius 2 is 1.65 bits per heavy atom. The molecule has 0 spiro atoms. The maximum atomic E-state index is 13.3. The van der Waals surface area contributed by atoms with Gasteiger partial charge in [-0.05, 0) is 47.9 Å². The molecular weight excluding hydrogens is 476 g/mol. The number of rotatable bonds is 6. The van der Waals surface area contributed by atoms with Crippen LogP contribution in [0.1, 0.15) is 21.5 Å². The summed E-state index contributed by atoms with van der Waals surface area (Å²) in [6.45, 7) is 3.35. The van der Waals surface area contributed by atoms with E-state index in [9.17, 15) is 21.6 Å². The molecule has 4 rings (SSSR count). The van der Waals surface area contributed by atoms with Gasteiger partial charge in [0.05, 0.1) is 11.2 Å². The second kappa shape index (κ2) is 9.38. The van der Waals surface area contributed by atoms with E-state index in [1.807, 2.05) is 18.2 Å². The van der Waals surface area contributed by atoms with Crippen LogP contribution in [0.25, 0.3) is 0 Å².